The molecular formula is C25H36ClNO5. The third-order valence-corrected chi connectivity index (χ3v) is 5.19. The van der Waals surface area contributed by atoms with Crippen LogP contribution in [0.2, 0.25) is 0 Å². The highest BCUT2D eigenvalue weighted by atomic mass is 35.5. The maximum absolute atomic E-state index is 12.5. The highest BCUT2D eigenvalue weighted by molar-refractivity contribution is 5.90. The lowest BCUT2D eigenvalue weighted by molar-refractivity contribution is 0.0493. The minimum atomic E-state index is -2.86. The van der Waals surface area contributed by atoms with Gasteiger partial charge >= 0.3 is 5.97 Å². The number of hydrogen-bond acceptors (Lipinski definition) is 6. The Balaban J connectivity index is 0.00000722. The Hall–Kier alpha value is -2.44. The maximum atomic E-state index is 12.5. The van der Waals surface area contributed by atoms with Crippen molar-refractivity contribution in [1.82, 2.24) is 4.90 Å². The zero-order valence-corrected chi connectivity index (χ0v) is 19.6. The van der Waals surface area contributed by atoms with Gasteiger partial charge in [0.1, 0.15) is 5.75 Å². The first kappa shape index (κ1) is 19.1. The van der Waals surface area contributed by atoms with E-state index in [-0.39, 0.29) is 36.1 Å². The average molecular weight is 472 g/mol. The molecule has 1 unspecified atom stereocenters. The van der Waals surface area contributed by atoms with Crippen LogP contribution in [-0.4, -0.2) is 57.8 Å². The van der Waals surface area contributed by atoms with Gasteiger partial charge in [-0.15, -0.1) is 12.4 Å². The Morgan fingerprint density at radius 3 is 2.41 bits per heavy atom. The number of esters is 1. The third kappa shape index (κ3) is 8.24. The molecule has 0 aliphatic heterocycles. The van der Waals surface area contributed by atoms with Gasteiger partial charge in [0.2, 0.25) is 0 Å². The van der Waals surface area contributed by atoms with Crippen molar-refractivity contribution >= 4 is 18.4 Å². The van der Waals surface area contributed by atoms with Crippen molar-refractivity contribution < 1.29 is 32.0 Å². The molecule has 32 heavy (non-hydrogen) atoms. The second-order valence-electron chi connectivity index (χ2n) is 7.24. The van der Waals surface area contributed by atoms with Crippen LogP contribution in [0.5, 0.6) is 17.2 Å². The fourth-order valence-corrected chi connectivity index (χ4v) is 3.39. The number of methoxy groups -OCH3 is 3. The molecule has 0 radical (unpaired) electrons. The monoisotopic (exact) mass is 471 g/mol. The first-order valence-electron chi connectivity index (χ1n) is 13.4. The van der Waals surface area contributed by atoms with E-state index in [0.717, 1.165) is 37.7 Å². The van der Waals surface area contributed by atoms with Crippen molar-refractivity contribution in [2.75, 3.05) is 40.9 Å². The van der Waals surface area contributed by atoms with Crippen LogP contribution in [0.25, 0.3) is 0 Å². The predicted molar refractivity (Wildman–Crippen MR) is 130 cm³/mol. The van der Waals surface area contributed by atoms with Gasteiger partial charge < -0.3 is 23.8 Å². The molecule has 2 aromatic rings. The van der Waals surface area contributed by atoms with Crippen molar-refractivity contribution in [3.05, 3.63) is 53.6 Å². The molecule has 0 N–H and O–H groups in total. The van der Waals surface area contributed by atoms with E-state index in [4.69, 9.17) is 27.2 Å². The summed E-state index contributed by atoms with van der Waals surface area (Å²) in [6.07, 6.45) is 2.39. The lowest BCUT2D eigenvalue weighted by Gasteiger charge is -2.28. The predicted octanol–water partition coefficient (Wildman–Crippen LogP) is 5.02. The molecule has 0 spiro atoms. The summed E-state index contributed by atoms with van der Waals surface area (Å²) in [5.74, 6) is -0.527. The Bertz CT molecular complexity index is 1000. The Morgan fingerprint density at radius 1 is 1.03 bits per heavy atom. The summed E-state index contributed by atoms with van der Waals surface area (Å²) >= 11 is 0. The molecule has 0 bridgehead atoms. The van der Waals surface area contributed by atoms with Crippen molar-refractivity contribution in [3.63, 3.8) is 0 Å². The molecule has 0 aliphatic carbocycles. The zero-order valence-electron chi connectivity index (χ0n) is 24.8. The summed E-state index contributed by atoms with van der Waals surface area (Å²) in [5, 5.41) is 0. The van der Waals surface area contributed by atoms with E-state index in [1.165, 1.54) is 17.7 Å². The first-order valence-corrected chi connectivity index (χ1v) is 10.4. The van der Waals surface area contributed by atoms with E-state index in [1.54, 1.807) is 7.11 Å². The molecule has 0 amide bonds. The van der Waals surface area contributed by atoms with E-state index in [9.17, 15) is 4.79 Å². The summed E-state index contributed by atoms with van der Waals surface area (Å²) in [6, 6.07) is 12.0. The quantitative estimate of drug-likeness (QED) is 0.302. The Labute approximate surface area is 206 Å². The van der Waals surface area contributed by atoms with Crippen LogP contribution in [0.4, 0.5) is 0 Å². The van der Waals surface area contributed by atoms with Crippen molar-refractivity contribution in [2.24, 2.45) is 0 Å². The van der Waals surface area contributed by atoms with Crippen LogP contribution < -0.4 is 14.2 Å². The smallest absolute Gasteiger partial charge is 0.338 e. The normalized spacial score (nSPS) is 15.0. The summed E-state index contributed by atoms with van der Waals surface area (Å²) in [6.45, 7) is 6.23. The molecule has 0 aromatic heterocycles. The highest BCUT2D eigenvalue weighted by Gasteiger charge is 2.14. The van der Waals surface area contributed by atoms with Gasteiger partial charge in [0.15, 0.2) is 11.5 Å². The number of likely N-dealkylation sites (N-methyl/N-ethyl adjacent to an activating group) is 1. The second-order valence-corrected chi connectivity index (χ2v) is 7.24. The number of halogens is 1. The third-order valence-electron chi connectivity index (χ3n) is 5.19. The molecular weight excluding hydrogens is 430 g/mol. The molecule has 2 aromatic carbocycles. The van der Waals surface area contributed by atoms with E-state index in [1.807, 2.05) is 12.1 Å². The fourth-order valence-electron chi connectivity index (χ4n) is 3.39. The minimum Gasteiger partial charge on any atom is -0.497 e. The highest BCUT2D eigenvalue weighted by Crippen LogP contribution is 2.27. The van der Waals surface area contributed by atoms with E-state index in [0.29, 0.717) is 12.5 Å². The summed E-state index contributed by atoms with van der Waals surface area (Å²) in [7, 11) is -4.02. The molecule has 0 fully saturated rings. The van der Waals surface area contributed by atoms with Gasteiger partial charge in [-0.3, -0.25) is 0 Å². The van der Waals surface area contributed by atoms with Gasteiger partial charge in [0, 0.05) is 6.04 Å². The number of unbranched alkanes of at least 4 members (excludes halogenated alkanes) is 1. The fraction of sp³-hybridized carbons (Fsp3) is 0.480. The summed E-state index contributed by atoms with van der Waals surface area (Å²) in [4.78, 5) is 14.8. The van der Waals surface area contributed by atoms with Gasteiger partial charge in [-0.2, -0.15) is 0 Å². The minimum absolute atomic E-state index is 0. The SMILES string of the molecule is Cl.[2H]C([2H])([2H])Oc1ccc(C(=O)OCCCCN(CC)C(C)Cc2ccc(OC)cc2)cc1OC([2H])([2H])[2H]. The van der Waals surface area contributed by atoms with E-state index in [2.05, 4.69) is 30.9 Å². The van der Waals surface area contributed by atoms with Crippen molar-refractivity contribution in [3.8, 4) is 17.2 Å². The van der Waals surface area contributed by atoms with Crippen LogP contribution >= 0.6 is 12.4 Å². The molecule has 0 saturated heterocycles. The number of rotatable bonds is 13. The van der Waals surface area contributed by atoms with Crippen LogP contribution in [0.15, 0.2) is 42.5 Å². The van der Waals surface area contributed by atoms with Crippen LogP contribution in [0, 0.1) is 0 Å². The topological polar surface area (TPSA) is 57.2 Å². The lowest BCUT2D eigenvalue weighted by atomic mass is 10.1. The number of carbonyl (C=O) groups is 1. The Kier molecular flexibility index (Phi) is 8.69. The van der Waals surface area contributed by atoms with E-state index < -0.39 is 20.0 Å². The standard InChI is InChI=1S/C25H35NO5.ClH/c1-6-26(19(2)17-20-9-12-22(28-3)13-10-20)15-7-8-16-31-25(27)21-11-14-23(29-4)24(18-21)30-5;/h9-14,18-19H,6-8,15-17H2,1-5H3;1H/i4D3,5D3;. The summed E-state index contributed by atoms with van der Waals surface area (Å²) in [5.41, 5.74) is 1.26. The number of nitrogens with zero attached hydrogens (tertiary/aromatic N) is 1. The number of carbonyl (C=O) groups excluding carboxylic acids is 1. The molecule has 7 heteroatoms. The average Bonchev–Trinajstić information content (AvgIpc) is 2.81. The molecule has 2 rings (SSSR count). The van der Waals surface area contributed by atoms with Crippen LogP contribution in [0.3, 0.4) is 0 Å². The van der Waals surface area contributed by atoms with Crippen LogP contribution in [0.1, 0.15) is 50.8 Å². The van der Waals surface area contributed by atoms with Gasteiger partial charge in [0.25, 0.3) is 0 Å². The largest absolute Gasteiger partial charge is 0.497 e. The van der Waals surface area contributed by atoms with E-state index >= 15 is 0 Å². The zero-order chi connectivity index (χ0) is 27.6. The number of ether oxygens (including phenoxy) is 4. The first-order chi connectivity index (χ1) is 17.3. The van der Waals surface area contributed by atoms with Gasteiger partial charge in [-0.25, -0.2) is 4.79 Å². The van der Waals surface area contributed by atoms with Gasteiger partial charge in [-0.05, 0) is 75.2 Å². The van der Waals surface area contributed by atoms with Crippen molar-refractivity contribution in [2.45, 2.75) is 39.2 Å². The van der Waals surface area contributed by atoms with Crippen LogP contribution in [-0.2, 0) is 11.2 Å². The Morgan fingerprint density at radius 2 is 1.75 bits per heavy atom. The lowest BCUT2D eigenvalue weighted by Crippen LogP contribution is -2.35. The number of benzene rings is 2. The van der Waals surface area contributed by atoms with Gasteiger partial charge in [-0.1, -0.05) is 19.1 Å². The second kappa shape index (κ2) is 14.6. The maximum Gasteiger partial charge on any atom is 0.338 e. The van der Waals surface area contributed by atoms with Crippen molar-refractivity contribution in [1.29, 1.82) is 0 Å². The van der Waals surface area contributed by atoms with Gasteiger partial charge in [0.05, 0.1) is 41.6 Å². The molecule has 178 valence electrons. The summed E-state index contributed by atoms with van der Waals surface area (Å²) < 4.78 is 63.7. The molecule has 0 saturated carbocycles. The molecule has 1 atom stereocenters. The molecule has 6 nitrogen and oxygen atoms in total. The molecule has 0 heterocycles. The molecule has 0 aliphatic rings. The number of hydrogen-bond donors (Lipinski definition) is 0.